The summed E-state index contributed by atoms with van der Waals surface area (Å²) in [5, 5.41) is 7.62. The fourth-order valence-corrected chi connectivity index (χ4v) is 6.36. The number of hydrogen-bond donors (Lipinski definition) is 1. The summed E-state index contributed by atoms with van der Waals surface area (Å²) < 4.78 is 29.8. The van der Waals surface area contributed by atoms with Gasteiger partial charge in [0.25, 0.3) is 5.91 Å². The Kier molecular flexibility index (Phi) is 8.94. The average molecular weight is 658 g/mol. The van der Waals surface area contributed by atoms with E-state index in [9.17, 15) is 9.18 Å². The number of piperidine rings is 1. The van der Waals surface area contributed by atoms with E-state index in [0.29, 0.717) is 40.3 Å². The lowest BCUT2D eigenvalue weighted by Gasteiger charge is -2.32. The van der Waals surface area contributed by atoms with E-state index < -0.39 is 5.82 Å². The standard InChI is InChI=1S/C35H37ClFN7O3/c1-22-16-31(41-42(22)2)35(45)38-26-8-9-32-30(18-26)39-33(44(32)19-27-12-15-46-27)20-43-13-10-23(11-14-43)29-4-3-5-34(40-29)47-21-24-6-7-25(36)17-28(24)37/h3-9,16-18,23,27H,10-15,19-21H2,1-2H3,(H,38,45). The van der Waals surface area contributed by atoms with E-state index in [1.807, 2.05) is 44.3 Å². The van der Waals surface area contributed by atoms with Gasteiger partial charge >= 0.3 is 0 Å². The molecule has 2 aromatic carbocycles. The van der Waals surface area contributed by atoms with Gasteiger partial charge in [-0.05, 0) is 81.7 Å². The molecular weight excluding hydrogens is 621 g/mol. The third-order valence-corrected chi connectivity index (χ3v) is 9.35. The van der Waals surface area contributed by atoms with Crippen LogP contribution >= 0.6 is 11.6 Å². The zero-order valence-corrected chi connectivity index (χ0v) is 27.2. The van der Waals surface area contributed by atoms with E-state index in [4.69, 9.17) is 31.0 Å². The molecule has 3 aromatic heterocycles. The summed E-state index contributed by atoms with van der Waals surface area (Å²) in [5.41, 5.74) is 5.26. The van der Waals surface area contributed by atoms with Gasteiger partial charge in [0, 0.05) is 53.3 Å². The molecule has 0 spiro atoms. The number of halogens is 2. The molecule has 2 saturated heterocycles. The number of ether oxygens (including phenoxy) is 2. The lowest BCUT2D eigenvalue weighted by Crippen LogP contribution is -2.35. The zero-order chi connectivity index (χ0) is 32.5. The first-order chi connectivity index (χ1) is 22.8. The van der Waals surface area contributed by atoms with Crippen LogP contribution < -0.4 is 10.1 Å². The summed E-state index contributed by atoms with van der Waals surface area (Å²) in [4.78, 5) is 25.1. The molecule has 10 nitrogen and oxygen atoms in total. The number of anilines is 1. The van der Waals surface area contributed by atoms with Gasteiger partial charge in [0.2, 0.25) is 5.88 Å². The number of nitrogens with zero attached hydrogens (tertiary/aromatic N) is 6. The Morgan fingerprint density at radius 2 is 1.91 bits per heavy atom. The van der Waals surface area contributed by atoms with E-state index in [-0.39, 0.29) is 18.6 Å². The summed E-state index contributed by atoms with van der Waals surface area (Å²) in [7, 11) is 1.82. The van der Waals surface area contributed by atoms with Crippen LogP contribution in [0.2, 0.25) is 5.02 Å². The molecule has 1 amide bonds. The second kappa shape index (κ2) is 13.4. The molecule has 0 bridgehead atoms. The Hall–Kier alpha value is -4.32. The molecule has 0 radical (unpaired) electrons. The van der Waals surface area contributed by atoms with Crippen LogP contribution in [0.25, 0.3) is 11.0 Å². The molecule has 0 aliphatic carbocycles. The van der Waals surface area contributed by atoms with Gasteiger partial charge in [-0.1, -0.05) is 23.7 Å². The number of benzene rings is 2. The smallest absolute Gasteiger partial charge is 0.276 e. The van der Waals surface area contributed by atoms with Gasteiger partial charge in [-0.2, -0.15) is 5.10 Å². The lowest BCUT2D eigenvalue weighted by molar-refractivity contribution is -0.0592. The summed E-state index contributed by atoms with van der Waals surface area (Å²) in [5.74, 6) is 1.13. The van der Waals surface area contributed by atoms with E-state index in [1.165, 1.54) is 6.07 Å². The Morgan fingerprint density at radius 3 is 2.64 bits per heavy atom. The van der Waals surface area contributed by atoms with Gasteiger partial charge in [0.1, 0.15) is 18.2 Å². The predicted octanol–water partition coefficient (Wildman–Crippen LogP) is 6.27. The van der Waals surface area contributed by atoms with Crippen LogP contribution in [0.15, 0.2) is 60.7 Å². The van der Waals surface area contributed by atoms with Crippen molar-refractivity contribution in [3.05, 3.63) is 100.0 Å². The van der Waals surface area contributed by atoms with Crippen molar-refractivity contribution < 1.29 is 18.7 Å². The Balaban J connectivity index is 1.01. The third-order valence-electron chi connectivity index (χ3n) is 9.12. The monoisotopic (exact) mass is 657 g/mol. The van der Waals surface area contributed by atoms with Crippen LogP contribution in [0.4, 0.5) is 10.1 Å². The second-order valence-corrected chi connectivity index (χ2v) is 12.8. The van der Waals surface area contributed by atoms with Crippen molar-refractivity contribution in [2.24, 2.45) is 7.05 Å². The minimum atomic E-state index is -0.391. The quantitative estimate of drug-likeness (QED) is 0.189. The minimum Gasteiger partial charge on any atom is -0.473 e. The summed E-state index contributed by atoms with van der Waals surface area (Å²) in [6.45, 7) is 6.06. The molecule has 5 aromatic rings. The lowest BCUT2D eigenvalue weighted by atomic mass is 9.93. The summed E-state index contributed by atoms with van der Waals surface area (Å²) in [6.07, 6.45) is 3.13. The number of carbonyl (C=O) groups is 1. The third kappa shape index (κ3) is 7.02. The highest BCUT2D eigenvalue weighted by molar-refractivity contribution is 6.30. The maximum Gasteiger partial charge on any atom is 0.276 e. The molecule has 1 N–H and O–H groups in total. The average Bonchev–Trinajstić information content (AvgIpc) is 3.56. The molecular formula is C35H37ClFN7O3. The highest BCUT2D eigenvalue weighted by Crippen LogP contribution is 2.30. The summed E-state index contributed by atoms with van der Waals surface area (Å²) >= 11 is 5.87. The molecule has 1 atom stereocenters. The van der Waals surface area contributed by atoms with Crippen molar-refractivity contribution in [2.75, 3.05) is 25.0 Å². The van der Waals surface area contributed by atoms with Crippen LogP contribution in [0.1, 0.15) is 58.4 Å². The molecule has 47 heavy (non-hydrogen) atoms. The maximum atomic E-state index is 14.2. The molecule has 2 fully saturated rings. The first-order valence-corrected chi connectivity index (χ1v) is 16.4. The molecule has 2 aliphatic heterocycles. The molecule has 244 valence electrons. The zero-order valence-electron chi connectivity index (χ0n) is 26.5. The van der Waals surface area contributed by atoms with Gasteiger partial charge in [-0.3, -0.25) is 14.4 Å². The fraction of sp³-hybridized carbons (Fsp3) is 0.371. The first-order valence-electron chi connectivity index (χ1n) is 16.0. The van der Waals surface area contributed by atoms with Crippen LogP contribution in [0, 0.1) is 12.7 Å². The van der Waals surface area contributed by atoms with Gasteiger partial charge in [0.15, 0.2) is 5.69 Å². The maximum absolute atomic E-state index is 14.2. The highest BCUT2D eigenvalue weighted by Gasteiger charge is 2.26. The van der Waals surface area contributed by atoms with Gasteiger partial charge in [-0.25, -0.2) is 14.4 Å². The Bertz CT molecular complexity index is 1890. The molecule has 7 rings (SSSR count). The number of carbonyl (C=O) groups excluding carboxylic acids is 1. The van der Waals surface area contributed by atoms with Crippen molar-refractivity contribution in [1.29, 1.82) is 0 Å². The van der Waals surface area contributed by atoms with Crippen molar-refractivity contribution in [2.45, 2.75) is 57.9 Å². The highest BCUT2D eigenvalue weighted by atomic mass is 35.5. The first kappa shape index (κ1) is 31.3. The second-order valence-electron chi connectivity index (χ2n) is 12.3. The fourth-order valence-electron chi connectivity index (χ4n) is 6.20. The topological polar surface area (TPSA) is 99.3 Å². The Labute approximate surface area is 277 Å². The molecule has 2 aliphatic rings. The number of pyridine rings is 1. The number of amides is 1. The summed E-state index contributed by atoms with van der Waals surface area (Å²) in [6, 6.07) is 18.0. The van der Waals surface area contributed by atoms with Crippen molar-refractivity contribution in [3.63, 3.8) is 0 Å². The number of nitrogens with one attached hydrogen (secondary N) is 1. The largest absolute Gasteiger partial charge is 0.473 e. The molecule has 0 saturated carbocycles. The van der Waals surface area contributed by atoms with Crippen LogP contribution in [0.5, 0.6) is 5.88 Å². The van der Waals surface area contributed by atoms with Crippen LogP contribution in [-0.4, -0.2) is 60.9 Å². The van der Waals surface area contributed by atoms with E-state index in [2.05, 4.69) is 19.9 Å². The number of fused-ring (bicyclic) bond motifs is 1. The van der Waals surface area contributed by atoms with Gasteiger partial charge in [-0.15, -0.1) is 0 Å². The van der Waals surface area contributed by atoms with E-state index >= 15 is 0 Å². The molecule has 5 heterocycles. The number of likely N-dealkylation sites (tertiary alicyclic amines) is 1. The van der Waals surface area contributed by atoms with Gasteiger partial charge in [0.05, 0.1) is 30.2 Å². The number of hydrogen-bond acceptors (Lipinski definition) is 7. The predicted molar refractivity (Wildman–Crippen MR) is 177 cm³/mol. The molecule has 12 heteroatoms. The minimum absolute atomic E-state index is 0.0859. The van der Waals surface area contributed by atoms with Crippen LogP contribution in [-0.2, 0) is 31.5 Å². The van der Waals surface area contributed by atoms with Gasteiger partial charge < -0.3 is 19.4 Å². The van der Waals surface area contributed by atoms with Crippen molar-refractivity contribution in [1.82, 2.24) is 29.2 Å². The number of aromatic nitrogens is 5. The number of imidazole rings is 1. The number of aryl methyl sites for hydroxylation is 2. The molecule has 1 unspecified atom stereocenters. The SMILES string of the molecule is Cc1cc(C(=O)Nc2ccc3c(c2)nc(CN2CCC(c4cccc(OCc5ccc(Cl)cc5F)n4)CC2)n3CC2CCO2)nn1C. The Morgan fingerprint density at radius 1 is 1.09 bits per heavy atom. The number of rotatable bonds is 10. The van der Waals surface area contributed by atoms with Crippen molar-refractivity contribution in [3.8, 4) is 5.88 Å². The van der Waals surface area contributed by atoms with Crippen molar-refractivity contribution >= 4 is 34.2 Å². The van der Waals surface area contributed by atoms with E-state index in [1.54, 1.807) is 28.9 Å². The van der Waals surface area contributed by atoms with Crippen LogP contribution in [0.3, 0.4) is 0 Å². The van der Waals surface area contributed by atoms with E-state index in [0.717, 1.165) is 73.7 Å². The normalized spacial score (nSPS) is 17.1.